The van der Waals surface area contributed by atoms with Crippen molar-refractivity contribution in [3.63, 3.8) is 0 Å². The molecule has 0 saturated heterocycles. The van der Waals surface area contributed by atoms with Crippen LogP contribution in [0, 0.1) is 0 Å². The molecule has 2 heterocycles. The minimum absolute atomic E-state index is 0.135. The standard InChI is InChI=1S/C19H19Cl2N3O3S/c1-9(2)24-17-10(8-22-19(23-17)28-5)6-11(18(24)25)14-15(20)12(26-3)7-13(27-4)16(14)21/h6-9H,1-5H3. The highest BCUT2D eigenvalue weighted by Gasteiger charge is 2.23. The van der Waals surface area contributed by atoms with Gasteiger partial charge >= 0.3 is 0 Å². The number of aromatic nitrogens is 3. The van der Waals surface area contributed by atoms with E-state index < -0.39 is 0 Å². The van der Waals surface area contributed by atoms with Crippen LogP contribution in [0.1, 0.15) is 19.9 Å². The summed E-state index contributed by atoms with van der Waals surface area (Å²) < 4.78 is 12.3. The van der Waals surface area contributed by atoms with Gasteiger partial charge in [0.1, 0.15) is 17.1 Å². The van der Waals surface area contributed by atoms with Crippen LogP contribution in [-0.2, 0) is 0 Å². The number of methoxy groups -OCH3 is 2. The van der Waals surface area contributed by atoms with Crippen molar-refractivity contribution in [2.45, 2.75) is 25.0 Å². The van der Waals surface area contributed by atoms with Crippen LogP contribution in [0.5, 0.6) is 11.5 Å². The molecule has 0 atom stereocenters. The average molecular weight is 440 g/mol. The van der Waals surface area contributed by atoms with Crippen molar-refractivity contribution in [3.05, 3.63) is 38.7 Å². The third-order valence-corrected chi connectivity index (χ3v) is 5.61. The number of pyridine rings is 1. The van der Waals surface area contributed by atoms with E-state index in [4.69, 9.17) is 32.7 Å². The maximum atomic E-state index is 13.4. The molecule has 0 bridgehead atoms. The second kappa shape index (κ2) is 8.19. The van der Waals surface area contributed by atoms with E-state index >= 15 is 0 Å². The highest BCUT2D eigenvalue weighted by molar-refractivity contribution is 7.98. The number of fused-ring (bicyclic) bond motifs is 1. The lowest BCUT2D eigenvalue weighted by molar-refractivity contribution is 0.395. The van der Waals surface area contributed by atoms with Gasteiger partial charge in [0.05, 0.1) is 29.8 Å². The average Bonchev–Trinajstić information content (AvgIpc) is 2.68. The van der Waals surface area contributed by atoms with Gasteiger partial charge in [-0.25, -0.2) is 9.97 Å². The van der Waals surface area contributed by atoms with Crippen LogP contribution in [0.3, 0.4) is 0 Å². The topological polar surface area (TPSA) is 66.2 Å². The van der Waals surface area contributed by atoms with Gasteiger partial charge in [0.15, 0.2) is 5.16 Å². The number of ether oxygens (including phenoxy) is 2. The molecule has 2 aromatic heterocycles. The highest BCUT2D eigenvalue weighted by atomic mass is 35.5. The predicted octanol–water partition coefficient (Wildman–Crippen LogP) is 5.09. The van der Waals surface area contributed by atoms with Crippen LogP contribution in [-0.4, -0.2) is 35.0 Å². The zero-order chi connectivity index (χ0) is 20.6. The summed E-state index contributed by atoms with van der Waals surface area (Å²) in [6.07, 6.45) is 3.57. The summed E-state index contributed by atoms with van der Waals surface area (Å²) in [6.45, 7) is 3.84. The molecule has 0 aliphatic rings. The number of hydrogen-bond acceptors (Lipinski definition) is 6. The monoisotopic (exact) mass is 439 g/mol. The van der Waals surface area contributed by atoms with Gasteiger partial charge in [0.25, 0.3) is 5.56 Å². The predicted molar refractivity (Wildman–Crippen MR) is 115 cm³/mol. The zero-order valence-corrected chi connectivity index (χ0v) is 18.4. The molecular weight excluding hydrogens is 421 g/mol. The van der Waals surface area contributed by atoms with Crippen LogP contribution < -0.4 is 15.0 Å². The van der Waals surface area contributed by atoms with Gasteiger partial charge in [0.2, 0.25) is 0 Å². The smallest absolute Gasteiger partial charge is 0.260 e. The molecule has 0 amide bonds. The second-order valence-electron chi connectivity index (χ2n) is 6.25. The third-order valence-electron chi connectivity index (χ3n) is 4.29. The number of rotatable bonds is 5. The second-order valence-corrected chi connectivity index (χ2v) is 7.78. The Morgan fingerprint density at radius 3 is 2.21 bits per heavy atom. The van der Waals surface area contributed by atoms with Crippen molar-refractivity contribution >= 4 is 46.0 Å². The van der Waals surface area contributed by atoms with Crippen molar-refractivity contribution in [1.82, 2.24) is 14.5 Å². The SMILES string of the molecule is COc1cc(OC)c(Cl)c(-c2cc3cnc(SC)nc3n(C(C)C)c2=O)c1Cl. The Bertz CT molecular complexity index is 1090. The molecule has 0 aliphatic heterocycles. The maximum Gasteiger partial charge on any atom is 0.260 e. The van der Waals surface area contributed by atoms with Gasteiger partial charge in [-0.15, -0.1) is 0 Å². The fraction of sp³-hybridized carbons (Fsp3) is 0.316. The molecule has 0 aliphatic carbocycles. The Balaban J connectivity index is 2.46. The first-order valence-corrected chi connectivity index (χ1v) is 10.4. The van der Waals surface area contributed by atoms with E-state index in [2.05, 4.69) is 9.97 Å². The van der Waals surface area contributed by atoms with Gasteiger partial charge in [-0.05, 0) is 26.2 Å². The van der Waals surface area contributed by atoms with E-state index in [0.29, 0.717) is 38.8 Å². The van der Waals surface area contributed by atoms with E-state index in [1.165, 1.54) is 26.0 Å². The number of halogens is 2. The van der Waals surface area contributed by atoms with Crippen molar-refractivity contribution in [3.8, 4) is 22.6 Å². The lowest BCUT2D eigenvalue weighted by Crippen LogP contribution is -2.25. The van der Waals surface area contributed by atoms with Crippen LogP contribution in [0.4, 0.5) is 0 Å². The summed E-state index contributed by atoms with van der Waals surface area (Å²) >= 11 is 14.5. The number of thioether (sulfide) groups is 1. The van der Waals surface area contributed by atoms with E-state index in [-0.39, 0.29) is 21.6 Å². The number of nitrogens with zero attached hydrogens (tertiary/aromatic N) is 3. The first-order chi connectivity index (χ1) is 13.3. The summed E-state index contributed by atoms with van der Waals surface area (Å²) in [7, 11) is 2.98. The van der Waals surface area contributed by atoms with E-state index in [1.807, 2.05) is 20.1 Å². The Morgan fingerprint density at radius 2 is 1.71 bits per heavy atom. The lowest BCUT2D eigenvalue weighted by Gasteiger charge is -2.18. The van der Waals surface area contributed by atoms with Gasteiger partial charge in [-0.1, -0.05) is 35.0 Å². The summed E-state index contributed by atoms with van der Waals surface area (Å²) in [5.41, 5.74) is 0.987. The largest absolute Gasteiger partial charge is 0.495 e. The van der Waals surface area contributed by atoms with Crippen molar-refractivity contribution in [2.75, 3.05) is 20.5 Å². The first-order valence-electron chi connectivity index (χ1n) is 8.40. The third kappa shape index (κ3) is 3.43. The molecular formula is C19H19Cl2N3O3S. The van der Waals surface area contributed by atoms with Crippen LogP contribution in [0.2, 0.25) is 10.0 Å². The summed E-state index contributed by atoms with van der Waals surface area (Å²) in [5.74, 6) is 0.727. The molecule has 28 heavy (non-hydrogen) atoms. The number of benzene rings is 1. The highest BCUT2D eigenvalue weighted by Crippen LogP contribution is 2.45. The Hall–Kier alpha value is -1.96. The molecule has 3 aromatic rings. The van der Waals surface area contributed by atoms with Crippen molar-refractivity contribution in [1.29, 1.82) is 0 Å². The maximum absolute atomic E-state index is 13.4. The molecule has 0 unspecified atom stereocenters. The van der Waals surface area contributed by atoms with Crippen molar-refractivity contribution in [2.24, 2.45) is 0 Å². The molecule has 0 saturated carbocycles. The molecule has 9 heteroatoms. The Kier molecular flexibility index (Phi) is 6.07. The van der Waals surface area contributed by atoms with Gasteiger partial charge in [0, 0.05) is 29.3 Å². The lowest BCUT2D eigenvalue weighted by atomic mass is 10.0. The molecule has 0 N–H and O–H groups in total. The van der Waals surface area contributed by atoms with Crippen LogP contribution >= 0.6 is 35.0 Å². The number of hydrogen-bond donors (Lipinski definition) is 0. The minimum Gasteiger partial charge on any atom is -0.495 e. The van der Waals surface area contributed by atoms with E-state index in [0.717, 1.165) is 0 Å². The molecule has 148 valence electrons. The Morgan fingerprint density at radius 1 is 1.11 bits per heavy atom. The van der Waals surface area contributed by atoms with Crippen LogP contribution in [0.25, 0.3) is 22.2 Å². The van der Waals surface area contributed by atoms with E-state index in [9.17, 15) is 4.79 Å². The molecule has 1 aromatic carbocycles. The van der Waals surface area contributed by atoms with Gasteiger partial charge in [-0.3, -0.25) is 9.36 Å². The molecule has 0 radical (unpaired) electrons. The molecule has 0 fully saturated rings. The summed E-state index contributed by atoms with van der Waals surface area (Å²) in [4.78, 5) is 22.3. The van der Waals surface area contributed by atoms with Crippen LogP contribution in [0.15, 0.2) is 28.3 Å². The fourth-order valence-electron chi connectivity index (χ4n) is 2.98. The van der Waals surface area contributed by atoms with Gasteiger partial charge in [-0.2, -0.15) is 0 Å². The molecule has 6 nitrogen and oxygen atoms in total. The normalized spacial score (nSPS) is 11.3. The van der Waals surface area contributed by atoms with Crippen molar-refractivity contribution < 1.29 is 9.47 Å². The quantitative estimate of drug-likeness (QED) is 0.407. The fourth-order valence-corrected chi connectivity index (χ4v) is 4.02. The first kappa shape index (κ1) is 20.8. The molecule has 3 rings (SSSR count). The zero-order valence-electron chi connectivity index (χ0n) is 16.0. The summed E-state index contributed by atoms with van der Waals surface area (Å²) in [5, 5.41) is 1.77. The van der Waals surface area contributed by atoms with E-state index in [1.54, 1.807) is 22.9 Å². The minimum atomic E-state index is -0.257. The molecule has 0 spiro atoms. The van der Waals surface area contributed by atoms with Gasteiger partial charge < -0.3 is 9.47 Å². The Labute approximate surface area is 176 Å². The summed E-state index contributed by atoms with van der Waals surface area (Å²) in [6, 6.07) is 3.15.